The lowest BCUT2D eigenvalue weighted by atomic mass is 10.1. The highest BCUT2D eigenvalue weighted by Crippen LogP contribution is 2.44. The number of rotatable bonds is 8. The maximum atomic E-state index is 11.9. The molecule has 7 nitrogen and oxygen atoms in total. The number of nitrogens with zero attached hydrogens (tertiary/aromatic N) is 1. The molecule has 0 aliphatic heterocycles. The fourth-order valence-electron chi connectivity index (χ4n) is 2.46. The van der Waals surface area contributed by atoms with Crippen LogP contribution in [0.25, 0.3) is 0 Å². The Balaban J connectivity index is 1.69. The van der Waals surface area contributed by atoms with E-state index in [1.54, 1.807) is 0 Å². The van der Waals surface area contributed by atoms with E-state index in [0.29, 0.717) is 11.0 Å². The monoisotopic (exact) mass is 395 g/mol. The van der Waals surface area contributed by atoms with Crippen LogP contribution in [-0.4, -0.2) is 33.0 Å². The average Bonchev–Trinajstić information content (AvgIpc) is 3.38. The van der Waals surface area contributed by atoms with Gasteiger partial charge in [0, 0.05) is 24.3 Å². The summed E-state index contributed by atoms with van der Waals surface area (Å²) in [5.74, 6) is -0.0972. The molecular weight excluding hydrogens is 374 g/mol. The van der Waals surface area contributed by atoms with E-state index in [2.05, 4.69) is 45.7 Å². The van der Waals surface area contributed by atoms with Gasteiger partial charge in [0.05, 0.1) is 5.69 Å². The number of hydrogen-bond acceptors (Lipinski definition) is 6. The summed E-state index contributed by atoms with van der Waals surface area (Å²) in [7, 11) is -2.67. The molecule has 1 aliphatic rings. The van der Waals surface area contributed by atoms with Gasteiger partial charge in [-0.2, -0.15) is 13.1 Å². The molecule has 0 radical (unpaired) electrons. The number of carbonyl (C=O) groups excluding carboxylic acids is 1. The lowest BCUT2D eigenvalue weighted by Crippen LogP contribution is -2.27. The Bertz CT molecular complexity index is 887. The van der Waals surface area contributed by atoms with Crippen molar-refractivity contribution in [1.82, 2.24) is 9.71 Å². The van der Waals surface area contributed by atoms with E-state index in [1.807, 2.05) is 4.72 Å². The topological polar surface area (TPSA) is 97.4 Å². The minimum Gasteiger partial charge on any atom is -0.300 e. The van der Waals surface area contributed by atoms with Crippen molar-refractivity contribution in [2.75, 3.05) is 19.0 Å². The number of aromatic nitrogens is 1. The molecular formula is C17H21N3O4S2. The Labute approximate surface area is 157 Å². The highest BCUT2D eigenvalue weighted by atomic mass is 32.2. The summed E-state index contributed by atoms with van der Waals surface area (Å²) < 4.78 is 29.0. The van der Waals surface area contributed by atoms with Crippen LogP contribution in [0.5, 0.6) is 0 Å². The second-order valence-corrected chi connectivity index (χ2v) is 8.87. The molecule has 3 rings (SSSR count). The number of anilines is 1. The molecule has 1 aliphatic carbocycles. The highest BCUT2D eigenvalue weighted by molar-refractivity contribution is 7.84. The van der Waals surface area contributed by atoms with Crippen molar-refractivity contribution >= 4 is 32.7 Å². The van der Waals surface area contributed by atoms with Crippen LogP contribution in [0.15, 0.2) is 24.3 Å². The van der Waals surface area contributed by atoms with Gasteiger partial charge in [0.1, 0.15) is 6.61 Å². The normalized spacial score (nSPS) is 14.4. The summed E-state index contributed by atoms with van der Waals surface area (Å²) >= 11 is 1.43. The Morgan fingerprint density at radius 1 is 1.31 bits per heavy atom. The van der Waals surface area contributed by atoms with Crippen molar-refractivity contribution in [3.63, 3.8) is 0 Å². The first-order valence-electron chi connectivity index (χ1n) is 8.29. The zero-order chi connectivity index (χ0) is 18.7. The van der Waals surface area contributed by atoms with E-state index in [1.165, 1.54) is 29.5 Å². The maximum absolute atomic E-state index is 11.9. The number of aryl methyl sites for hydroxylation is 1. The van der Waals surface area contributed by atoms with Gasteiger partial charge in [0.2, 0.25) is 0 Å². The summed E-state index contributed by atoms with van der Waals surface area (Å²) in [5.41, 5.74) is 3.45. The predicted molar refractivity (Wildman–Crippen MR) is 101 cm³/mol. The van der Waals surface area contributed by atoms with Crippen LogP contribution in [0, 0.1) is 6.92 Å². The van der Waals surface area contributed by atoms with Gasteiger partial charge in [-0.3, -0.25) is 10.1 Å². The fourth-order valence-corrected chi connectivity index (χ4v) is 3.93. The van der Waals surface area contributed by atoms with Gasteiger partial charge in [0.25, 0.3) is 5.91 Å². The number of carbonyl (C=O) groups is 1. The number of thiazole rings is 1. The van der Waals surface area contributed by atoms with Gasteiger partial charge >= 0.3 is 10.3 Å². The first-order valence-corrected chi connectivity index (χ1v) is 10.5. The van der Waals surface area contributed by atoms with Gasteiger partial charge in [-0.15, -0.1) is 11.3 Å². The minimum absolute atomic E-state index is 0.457. The quantitative estimate of drug-likeness (QED) is 0.715. The molecule has 0 atom stereocenters. The summed E-state index contributed by atoms with van der Waals surface area (Å²) in [6.07, 6.45) is 2.99. The average molecular weight is 396 g/mol. The Morgan fingerprint density at radius 3 is 2.62 bits per heavy atom. The fraction of sp³-hybridized carbons (Fsp3) is 0.412. The lowest BCUT2D eigenvalue weighted by Gasteiger charge is -2.03. The van der Waals surface area contributed by atoms with Gasteiger partial charge in [0.15, 0.2) is 5.13 Å². The van der Waals surface area contributed by atoms with E-state index in [4.69, 9.17) is 0 Å². The van der Waals surface area contributed by atoms with Crippen LogP contribution in [0.1, 0.15) is 40.5 Å². The molecule has 1 amide bonds. The predicted octanol–water partition coefficient (Wildman–Crippen LogP) is 2.34. The smallest absolute Gasteiger partial charge is 0.300 e. The van der Waals surface area contributed by atoms with Gasteiger partial charge in [-0.1, -0.05) is 29.8 Å². The van der Waals surface area contributed by atoms with Crippen LogP contribution in [0.3, 0.4) is 0 Å². The molecule has 1 fully saturated rings. The van der Waals surface area contributed by atoms with Crippen LogP contribution in [-0.2, 0) is 25.7 Å². The molecule has 2 N–H and O–H groups in total. The van der Waals surface area contributed by atoms with E-state index >= 15 is 0 Å². The standard InChI is InChI=1S/C17H21N3O4S2/c1-11-3-5-12(6-4-11)9-14-16(13-7-8-13)20-17(25-14)19-15(21)10-24-26(22,23)18-2/h3-6,13,18H,7-10H2,1-2H3,(H,19,20,21). The number of benzene rings is 1. The molecule has 0 bridgehead atoms. The first-order chi connectivity index (χ1) is 12.4. The zero-order valence-electron chi connectivity index (χ0n) is 14.6. The number of amides is 1. The van der Waals surface area contributed by atoms with E-state index in [9.17, 15) is 13.2 Å². The Morgan fingerprint density at radius 2 is 2.00 bits per heavy atom. The Kier molecular flexibility index (Phi) is 5.71. The van der Waals surface area contributed by atoms with Gasteiger partial charge in [-0.25, -0.2) is 9.17 Å². The third-order valence-electron chi connectivity index (χ3n) is 4.02. The summed E-state index contributed by atoms with van der Waals surface area (Å²) in [6.45, 7) is 1.46. The lowest BCUT2D eigenvalue weighted by molar-refractivity contribution is -0.118. The van der Waals surface area contributed by atoms with Crippen molar-refractivity contribution in [3.8, 4) is 0 Å². The number of hydrogen-bond donors (Lipinski definition) is 2. The zero-order valence-corrected chi connectivity index (χ0v) is 16.2. The van der Waals surface area contributed by atoms with Crippen LogP contribution in [0.4, 0.5) is 5.13 Å². The number of nitrogens with one attached hydrogen (secondary N) is 2. The molecule has 2 aromatic rings. The molecule has 1 heterocycles. The molecule has 9 heteroatoms. The van der Waals surface area contributed by atoms with E-state index in [-0.39, 0.29) is 0 Å². The van der Waals surface area contributed by atoms with Crippen LogP contribution < -0.4 is 10.0 Å². The third-order valence-corrected chi connectivity index (χ3v) is 5.93. The van der Waals surface area contributed by atoms with E-state index in [0.717, 1.165) is 29.8 Å². The summed E-state index contributed by atoms with van der Waals surface area (Å²) in [5, 5.41) is 3.10. The summed E-state index contributed by atoms with van der Waals surface area (Å²) in [6, 6.07) is 8.35. The van der Waals surface area contributed by atoms with Gasteiger partial charge < -0.3 is 0 Å². The van der Waals surface area contributed by atoms with Crippen molar-refractivity contribution in [2.24, 2.45) is 0 Å². The molecule has 1 saturated carbocycles. The largest absolute Gasteiger partial charge is 0.336 e. The van der Waals surface area contributed by atoms with Crippen molar-refractivity contribution in [1.29, 1.82) is 0 Å². The second kappa shape index (κ2) is 7.83. The molecule has 0 saturated heterocycles. The van der Waals surface area contributed by atoms with Gasteiger partial charge in [-0.05, 0) is 25.3 Å². The van der Waals surface area contributed by atoms with E-state index < -0.39 is 22.8 Å². The second-order valence-electron chi connectivity index (χ2n) is 6.23. The molecule has 1 aromatic heterocycles. The van der Waals surface area contributed by atoms with Crippen LogP contribution in [0.2, 0.25) is 0 Å². The SMILES string of the molecule is CNS(=O)(=O)OCC(=O)Nc1nc(C2CC2)c(Cc2ccc(C)cc2)s1. The minimum atomic E-state index is -3.89. The molecule has 0 spiro atoms. The molecule has 0 unspecified atom stereocenters. The van der Waals surface area contributed by atoms with Crippen molar-refractivity contribution < 1.29 is 17.4 Å². The van der Waals surface area contributed by atoms with Crippen LogP contribution >= 0.6 is 11.3 Å². The molecule has 1 aromatic carbocycles. The first kappa shape index (κ1) is 19.0. The van der Waals surface area contributed by atoms with Crippen molar-refractivity contribution in [2.45, 2.75) is 32.1 Å². The maximum Gasteiger partial charge on any atom is 0.336 e. The summed E-state index contributed by atoms with van der Waals surface area (Å²) in [4.78, 5) is 17.6. The highest BCUT2D eigenvalue weighted by Gasteiger charge is 2.30. The molecule has 26 heavy (non-hydrogen) atoms. The Hall–Kier alpha value is -1.81. The molecule has 140 valence electrons. The van der Waals surface area contributed by atoms with Crippen molar-refractivity contribution in [3.05, 3.63) is 46.0 Å². The third kappa shape index (κ3) is 5.10.